The highest BCUT2D eigenvalue weighted by atomic mass is 35.5. The topological polar surface area (TPSA) is 41.9 Å². The molecule has 0 spiro atoms. The summed E-state index contributed by atoms with van der Waals surface area (Å²) < 4.78 is 74.7. The van der Waals surface area contributed by atoms with E-state index in [1.165, 1.54) is 13.0 Å². The number of hydrogen-bond acceptors (Lipinski definition) is 3. The van der Waals surface area contributed by atoms with Crippen molar-refractivity contribution in [2.75, 3.05) is 5.01 Å². The molecule has 0 fully saturated rings. The Kier molecular flexibility index (Phi) is 6.82. The van der Waals surface area contributed by atoms with Gasteiger partial charge in [-0.1, -0.05) is 41.4 Å². The van der Waals surface area contributed by atoms with Crippen molar-refractivity contribution in [1.29, 1.82) is 0 Å². The average molecular weight is 527 g/mol. The molecule has 0 N–H and O–H groups in total. The molecule has 0 radical (unpaired) electrons. The lowest BCUT2D eigenvalue weighted by Crippen LogP contribution is -2.25. The predicted molar refractivity (Wildman–Crippen MR) is 122 cm³/mol. The Balaban J connectivity index is 1.59. The van der Waals surface area contributed by atoms with Crippen molar-refractivity contribution in [2.24, 2.45) is 5.10 Å². The molecule has 0 saturated heterocycles. The van der Waals surface area contributed by atoms with Crippen LogP contribution in [0.5, 0.6) is 5.75 Å². The van der Waals surface area contributed by atoms with Crippen LogP contribution in [0.15, 0.2) is 53.1 Å². The van der Waals surface area contributed by atoms with Crippen LogP contribution in [0.1, 0.15) is 18.1 Å². The van der Waals surface area contributed by atoms with E-state index in [0.29, 0.717) is 21.4 Å². The molecule has 0 bridgehead atoms. The summed E-state index contributed by atoms with van der Waals surface area (Å²) in [5.74, 6) is -11.6. The first-order chi connectivity index (χ1) is 16.6. The molecule has 0 aliphatic carbocycles. The largest absolute Gasteiger partial charge is 0.489 e. The highest BCUT2D eigenvalue weighted by molar-refractivity contribution is 6.42. The number of amides is 1. The van der Waals surface area contributed by atoms with E-state index in [9.17, 15) is 26.7 Å². The fourth-order valence-electron chi connectivity index (χ4n) is 3.27. The van der Waals surface area contributed by atoms with Gasteiger partial charge in [-0.3, -0.25) is 4.79 Å². The first-order valence-corrected chi connectivity index (χ1v) is 10.6. The molecule has 0 unspecified atom stereocenters. The Morgan fingerprint density at radius 2 is 1.57 bits per heavy atom. The van der Waals surface area contributed by atoms with Crippen LogP contribution in [-0.4, -0.2) is 11.6 Å². The van der Waals surface area contributed by atoms with Crippen molar-refractivity contribution in [3.05, 3.63) is 98.3 Å². The molecule has 4 nitrogen and oxygen atoms in total. The van der Waals surface area contributed by atoms with E-state index in [-0.39, 0.29) is 22.9 Å². The van der Waals surface area contributed by atoms with Crippen LogP contribution in [0.4, 0.5) is 27.6 Å². The van der Waals surface area contributed by atoms with Gasteiger partial charge in [0.05, 0.1) is 21.3 Å². The zero-order valence-electron chi connectivity index (χ0n) is 17.7. The second kappa shape index (κ2) is 9.67. The van der Waals surface area contributed by atoms with Crippen molar-refractivity contribution < 1.29 is 31.5 Å². The Hall–Kier alpha value is -3.43. The van der Waals surface area contributed by atoms with E-state index >= 15 is 0 Å². The van der Waals surface area contributed by atoms with E-state index in [1.807, 2.05) is 0 Å². The summed E-state index contributed by atoms with van der Waals surface area (Å²) in [7, 11) is 0. The molecule has 0 atom stereocenters. The number of carbonyl (C=O) groups excluding carboxylic acids is 1. The molecule has 0 aromatic heterocycles. The number of nitrogens with zero attached hydrogens (tertiary/aromatic N) is 2. The summed E-state index contributed by atoms with van der Waals surface area (Å²) in [5, 5.41) is 4.64. The van der Waals surface area contributed by atoms with Crippen LogP contribution in [0.2, 0.25) is 10.0 Å². The molecule has 1 aliphatic heterocycles. The van der Waals surface area contributed by atoms with Crippen LogP contribution in [-0.2, 0) is 11.4 Å². The summed E-state index contributed by atoms with van der Waals surface area (Å²) in [5.41, 5.74) is -0.311. The van der Waals surface area contributed by atoms with Gasteiger partial charge in [0.25, 0.3) is 5.91 Å². The van der Waals surface area contributed by atoms with Crippen molar-refractivity contribution >= 4 is 46.6 Å². The number of carbonyl (C=O) groups is 1. The number of hydrogen-bond donors (Lipinski definition) is 0. The lowest BCUT2D eigenvalue weighted by atomic mass is 10.1. The van der Waals surface area contributed by atoms with Crippen LogP contribution in [0, 0.1) is 29.1 Å². The van der Waals surface area contributed by atoms with E-state index in [2.05, 4.69) is 5.10 Å². The van der Waals surface area contributed by atoms with Crippen LogP contribution >= 0.6 is 23.2 Å². The highest BCUT2D eigenvalue weighted by Crippen LogP contribution is 2.34. The summed E-state index contributed by atoms with van der Waals surface area (Å²) >= 11 is 11.9. The van der Waals surface area contributed by atoms with Crippen molar-refractivity contribution in [3.8, 4) is 5.75 Å². The van der Waals surface area contributed by atoms with Gasteiger partial charge in [0.2, 0.25) is 5.82 Å². The number of halogens is 7. The molecular formula is C24H13Cl2F5N2O2. The standard InChI is InChI=1S/C24H13Cl2F5N2O2/c1-11-15(24(34)33(32-11)23-21(30)19(28)18(27)20(29)22(23)31)8-12-3-2-4-14(7-12)35-10-13-5-6-16(25)17(26)9-13/h2-9H,10H2,1H3/b15-8+. The molecule has 1 amide bonds. The summed E-state index contributed by atoms with van der Waals surface area (Å²) in [6.07, 6.45) is 1.36. The van der Waals surface area contributed by atoms with Crippen molar-refractivity contribution in [1.82, 2.24) is 0 Å². The lowest BCUT2D eigenvalue weighted by Gasteiger charge is -2.15. The highest BCUT2D eigenvalue weighted by Gasteiger charge is 2.37. The zero-order chi connectivity index (χ0) is 25.4. The summed E-state index contributed by atoms with van der Waals surface area (Å²) in [4.78, 5) is 12.8. The van der Waals surface area contributed by atoms with E-state index in [1.54, 1.807) is 42.5 Å². The zero-order valence-corrected chi connectivity index (χ0v) is 19.2. The Labute approximate surface area is 205 Å². The monoisotopic (exact) mass is 526 g/mol. The first kappa shape index (κ1) is 24.7. The first-order valence-electron chi connectivity index (χ1n) is 9.88. The number of ether oxygens (including phenoxy) is 1. The molecule has 1 heterocycles. The molecule has 1 aliphatic rings. The third kappa shape index (κ3) is 4.74. The minimum absolute atomic E-state index is 0.0149. The van der Waals surface area contributed by atoms with E-state index in [4.69, 9.17) is 27.9 Å². The SMILES string of the molecule is CC1=NN(c2c(F)c(F)c(F)c(F)c2F)C(=O)/C1=C/c1cccc(OCc2ccc(Cl)c(Cl)c2)c1. The summed E-state index contributed by atoms with van der Waals surface area (Å²) in [6.45, 7) is 1.53. The maximum Gasteiger partial charge on any atom is 0.280 e. The second-order valence-corrected chi connectivity index (χ2v) is 8.20. The Morgan fingerprint density at radius 3 is 2.23 bits per heavy atom. The normalized spacial score (nSPS) is 14.6. The maximum atomic E-state index is 14.2. The van der Waals surface area contributed by atoms with Crippen molar-refractivity contribution in [2.45, 2.75) is 13.5 Å². The Morgan fingerprint density at radius 1 is 0.914 bits per heavy atom. The number of rotatable bonds is 5. The predicted octanol–water partition coefficient (Wildman–Crippen LogP) is 7.07. The van der Waals surface area contributed by atoms with Gasteiger partial charge in [-0.05, 0) is 48.4 Å². The van der Waals surface area contributed by atoms with E-state index < -0.39 is 40.7 Å². The van der Waals surface area contributed by atoms with Gasteiger partial charge >= 0.3 is 0 Å². The number of hydrazone groups is 1. The summed E-state index contributed by atoms with van der Waals surface area (Å²) in [6, 6.07) is 11.6. The molecule has 11 heteroatoms. The van der Waals surface area contributed by atoms with Crippen molar-refractivity contribution in [3.63, 3.8) is 0 Å². The van der Waals surface area contributed by atoms with Gasteiger partial charge < -0.3 is 4.74 Å². The minimum atomic E-state index is -2.33. The molecule has 35 heavy (non-hydrogen) atoms. The van der Waals surface area contributed by atoms with Gasteiger partial charge in [0.1, 0.15) is 18.0 Å². The van der Waals surface area contributed by atoms with Crippen LogP contribution in [0.3, 0.4) is 0 Å². The van der Waals surface area contributed by atoms with Gasteiger partial charge in [-0.2, -0.15) is 10.1 Å². The smallest absolute Gasteiger partial charge is 0.280 e. The molecule has 3 aromatic carbocycles. The van der Waals surface area contributed by atoms with E-state index in [0.717, 1.165) is 5.56 Å². The lowest BCUT2D eigenvalue weighted by molar-refractivity contribution is -0.114. The molecule has 4 rings (SSSR count). The molecule has 0 saturated carbocycles. The van der Waals surface area contributed by atoms with Crippen LogP contribution in [0.25, 0.3) is 6.08 Å². The third-order valence-electron chi connectivity index (χ3n) is 5.02. The van der Waals surface area contributed by atoms with Crippen LogP contribution < -0.4 is 9.75 Å². The molecular weight excluding hydrogens is 514 g/mol. The number of anilines is 1. The fourth-order valence-corrected chi connectivity index (χ4v) is 3.59. The van der Waals surface area contributed by atoms with Gasteiger partial charge in [-0.15, -0.1) is 0 Å². The quantitative estimate of drug-likeness (QED) is 0.154. The van der Waals surface area contributed by atoms with Gasteiger partial charge in [0, 0.05) is 0 Å². The second-order valence-electron chi connectivity index (χ2n) is 7.39. The maximum absolute atomic E-state index is 14.2. The minimum Gasteiger partial charge on any atom is -0.489 e. The molecule has 3 aromatic rings. The van der Waals surface area contributed by atoms with Gasteiger partial charge in [-0.25, -0.2) is 22.0 Å². The third-order valence-corrected chi connectivity index (χ3v) is 5.76. The fraction of sp³-hybridized carbons (Fsp3) is 0.0833. The average Bonchev–Trinajstić information content (AvgIpc) is 3.10. The van der Waals surface area contributed by atoms with Gasteiger partial charge in [0.15, 0.2) is 23.3 Å². The number of benzene rings is 3. The molecule has 180 valence electrons. The Bertz CT molecular complexity index is 1400.